The maximum Gasteiger partial charge on any atom is 0.267 e. The first kappa shape index (κ1) is 16.1. The van der Waals surface area contributed by atoms with Gasteiger partial charge in [0.15, 0.2) is 0 Å². The summed E-state index contributed by atoms with van der Waals surface area (Å²) in [5, 5.41) is 8.39. The Hall–Kier alpha value is -3.34. The summed E-state index contributed by atoms with van der Waals surface area (Å²) >= 11 is 0. The van der Waals surface area contributed by atoms with Gasteiger partial charge in [0.05, 0.1) is 11.9 Å². The Morgan fingerprint density at radius 3 is 2.85 bits per heavy atom. The number of aromatic nitrogens is 3. The molecule has 0 saturated carbocycles. The average Bonchev–Trinajstić information content (AvgIpc) is 3.29. The van der Waals surface area contributed by atoms with E-state index in [1.54, 1.807) is 0 Å². The lowest BCUT2D eigenvalue weighted by Crippen LogP contribution is -2.25. The zero-order valence-corrected chi connectivity index (χ0v) is 14.6. The second-order valence-corrected chi connectivity index (χ2v) is 6.41. The van der Waals surface area contributed by atoms with E-state index in [0.29, 0.717) is 12.2 Å². The second-order valence-electron chi connectivity index (χ2n) is 6.41. The highest BCUT2D eigenvalue weighted by Crippen LogP contribution is 2.16. The topological polar surface area (TPSA) is 62.7 Å². The van der Waals surface area contributed by atoms with Gasteiger partial charge < -0.3 is 10.3 Å². The first-order valence-corrected chi connectivity index (χ1v) is 8.65. The molecule has 0 aliphatic heterocycles. The highest BCUT2D eigenvalue weighted by molar-refractivity contribution is 5.98. The zero-order valence-electron chi connectivity index (χ0n) is 14.6. The lowest BCUT2D eigenvalue weighted by atomic mass is 10.2. The monoisotopic (exact) mass is 344 g/mol. The molecule has 2 N–H and O–H groups in total. The van der Waals surface area contributed by atoms with Crippen LogP contribution in [0, 0.1) is 6.92 Å². The van der Waals surface area contributed by atoms with Crippen molar-refractivity contribution >= 4 is 16.8 Å². The number of nitrogens with zero attached hydrogens (tertiary/aromatic N) is 2. The minimum atomic E-state index is -0.0886. The summed E-state index contributed by atoms with van der Waals surface area (Å²) in [6.45, 7) is 2.60. The number of carbonyl (C=O) groups is 1. The van der Waals surface area contributed by atoms with E-state index < -0.39 is 0 Å². The molecule has 0 bridgehead atoms. The number of carbonyl (C=O) groups excluding carboxylic acids is 1. The van der Waals surface area contributed by atoms with E-state index >= 15 is 0 Å². The Bertz CT molecular complexity index is 1050. The predicted octanol–water partition coefficient (Wildman–Crippen LogP) is 3.63. The van der Waals surface area contributed by atoms with Crippen LogP contribution < -0.4 is 5.32 Å². The molecule has 0 saturated heterocycles. The van der Waals surface area contributed by atoms with Gasteiger partial charge in [0.1, 0.15) is 5.69 Å². The van der Waals surface area contributed by atoms with Crippen molar-refractivity contribution in [3.05, 3.63) is 83.8 Å². The lowest BCUT2D eigenvalue weighted by molar-refractivity contribution is 0.0950. The van der Waals surface area contributed by atoms with E-state index in [4.69, 9.17) is 0 Å². The maximum atomic E-state index is 12.4. The van der Waals surface area contributed by atoms with Gasteiger partial charge in [-0.05, 0) is 48.7 Å². The molecule has 0 aliphatic rings. The van der Waals surface area contributed by atoms with E-state index in [2.05, 4.69) is 15.4 Å². The van der Waals surface area contributed by atoms with Crippen molar-refractivity contribution in [3.63, 3.8) is 0 Å². The summed E-state index contributed by atoms with van der Waals surface area (Å²) in [6, 6.07) is 18.0. The molecule has 2 aromatic heterocycles. The van der Waals surface area contributed by atoms with Crippen LogP contribution in [0.1, 0.15) is 21.6 Å². The van der Waals surface area contributed by atoms with Crippen LogP contribution in [-0.4, -0.2) is 27.2 Å². The van der Waals surface area contributed by atoms with Crippen molar-refractivity contribution in [1.29, 1.82) is 0 Å². The van der Waals surface area contributed by atoms with Gasteiger partial charge in [0, 0.05) is 23.6 Å². The van der Waals surface area contributed by atoms with Crippen LogP contribution in [0.15, 0.2) is 67.0 Å². The highest BCUT2D eigenvalue weighted by atomic mass is 16.1. The van der Waals surface area contributed by atoms with E-state index in [1.807, 2.05) is 78.6 Å². The number of amides is 1. The fourth-order valence-corrected chi connectivity index (χ4v) is 2.99. The van der Waals surface area contributed by atoms with Gasteiger partial charge in [-0.25, -0.2) is 4.68 Å². The number of nitrogens with one attached hydrogen (secondary N) is 2. The second kappa shape index (κ2) is 6.88. The summed E-state index contributed by atoms with van der Waals surface area (Å²) in [5.41, 5.74) is 4.85. The van der Waals surface area contributed by atoms with Crippen LogP contribution in [0.4, 0.5) is 0 Å². The fraction of sp³-hybridized carbons (Fsp3) is 0.143. The molecule has 130 valence electrons. The van der Waals surface area contributed by atoms with E-state index in [1.165, 1.54) is 5.56 Å². The molecule has 2 heterocycles. The number of benzene rings is 2. The smallest absolute Gasteiger partial charge is 0.267 e. The van der Waals surface area contributed by atoms with Crippen molar-refractivity contribution < 1.29 is 4.79 Å². The molecule has 0 unspecified atom stereocenters. The number of fused-ring (bicyclic) bond motifs is 1. The number of rotatable bonds is 5. The molecule has 1 amide bonds. The molecule has 4 aromatic rings. The minimum Gasteiger partial charge on any atom is -0.351 e. The van der Waals surface area contributed by atoms with Gasteiger partial charge in [-0.15, -0.1) is 0 Å². The standard InChI is InChI=1S/C21H20N4O/c1-15-7-8-17-12-20(24-19(17)11-15)21(26)22-10-9-16-13-23-25(14-16)18-5-3-2-4-6-18/h2-8,11-14,24H,9-10H2,1H3,(H,22,26). The fourth-order valence-electron chi connectivity index (χ4n) is 2.99. The number of para-hydroxylation sites is 1. The van der Waals surface area contributed by atoms with Crippen LogP contribution in [0.2, 0.25) is 0 Å². The predicted molar refractivity (Wildman–Crippen MR) is 103 cm³/mol. The SMILES string of the molecule is Cc1ccc2cc(C(=O)NCCc3cnn(-c4ccccc4)c3)[nH]c2c1. The van der Waals surface area contributed by atoms with Gasteiger partial charge in [-0.3, -0.25) is 4.79 Å². The maximum absolute atomic E-state index is 12.4. The Morgan fingerprint density at radius 1 is 1.15 bits per heavy atom. The highest BCUT2D eigenvalue weighted by Gasteiger charge is 2.09. The van der Waals surface area contributed by atoms with Crippen molar-refractivity contribution in [2.75, 3.05) is 6.54 Å². The van der Waals surface area contributed by atoms with Crippen molar-refractivity contribution in [1.82, 2.24) is 20.1 Å². The average molecular weight is 344 g/mol. The van der Waals surface area contributed by atoms with Crippen LogP contribution >= 0.6 is 0 Å². The zero-order chi connectivity index (χ0) is 17.9. The van der Waals surface area contributed by atoms with Crippen molar-refractivity contribution in [3.8, 4) is 5.69 Å². The summed E-state index contributed by atoms with van der Waals surface area (Å²) < 4.78 is 1.84. The van der Waals surface area contributed by atoms with Gasteiger partial charge in [-0.2, -0.15) is 5.10 Å². The van der Waals surface area contributed by atoms with E-state index in [9.17, 15) is 4.79 Å². The summed E-state index contributed by atoms with van der Waals surface area (Å²) in [5.74, 6) is -0.0886. The molecule has 5 heteroatoms. The van der Waals surface area contributed by atoms with Crippen LogP contribution in [0.3, 0.4) is 0 Å². The van der Waals surface area contributed by atoms with E-state index in [0.717, 1.165) is 28.6 Å². The minimum absolute atomic E-state index is 0.0886. The number of aromatic amines is 1. The lowest BCUT2D eigenvalue weighted by Gasteiger charge is -2.02. The van der Waals surface area contributed by atoms with E-state index in [-0.39, 0.29) is 5.91 Å². The third-order valence-corrected chi connectivity index (χ3v) is 4.38. The van der Waals surface area contributed by atoms with Crippen LogP contribution in [0.25, 0.3) is 16.6 Å². The van der Waals surface area contributed by atoms with Gasteiger partial charge >= 0.3 is 0 Å². The van der Waals surface area contributed by atoms with Gasteiger partial charge in [0.25, 0.3) is 5.91 Å². The molecule has 5 nitrogen and oxygen atoms in total. The Balaban J connectivity index is 1.37. The number of hydrogen-bond donors (Lipinski definition) is 2. The molecular weight excluding hydrogens is 324 g/mol. The van der Waals surface area contributed by atoms with Crippen molar-refractivity contribution in [2.24, 2.45) is 0 Å². The first-order valence-electron chi connectivity index (χ1n) is 8.65. The summed E-state index contributed by atoms with van der Waals surface area (Å²) in [7, 11) is 0. The van der Waals surface area contributed by atoms with Crippen LogP contribution in [0.5, 0.6) is 0 Å². The number of hydrogen-bond acceptors (Lipinski definition) is 2. The number of aryl methyl sites for hydroxylation is 1. The Labute approximate surface area is 151 Å². The third-order valence-electron chi connectivity index (χ3n) is 4.38. The molecule has 0 spiro atoms. The van der Waals surface area contributed by atoms with Gasteiger partial charge in [-0.1, -0.05) is 30.3 Å². The third kappa shape index (κ3) is 3.37. The normalized spacial score (nSPS) is 11.0. The molecule has 0 radical (unpaired) electrons. The molecule has 4 rings (SSSR count). The molecular formula is C21H20N4O. The largest absolute Gasteiger partial charge is 0.351 e. The molecule has 0 atom stereocenters. The molecule has 0 aliphatic carbocycles. The van der Waals surface area contributed by atoms with Crippen molar-refractivity contribution in [2.45, 2.75) is 13.3 Å². The summed E-state index contributed by atoms with van der Waals surface area (Å²) in [4.78, 5) is 15.5. The number of H-pyrrole nitrogens is 1. The Morgan fingerprint density at radius 2 is 2.00 bits per heavy atom. The van der Waals surface area contributed by atoms with Gasteiger partial charge in [0.2, 0.25) is 0 Å². The molecule has 26 heavy (non-hydrogen) atoms. The first-order chi connectivity index (χ1) is 12.7. The molecule has 2 aromatic carbocycles. The Kier molecular flexibility index (Phi) is 4.27. The summed E-state index contributed by atoms with van der Waals surface area (Å²) in [6.07, 6.45) is 4.57. The van der Waals surface area contributed by atoms with Crippen LogP contribution in [-0.2, 0) is 6.42 Å². The molecule has 0 fully saturated rings. The quantitative estimate of drug-likeness (QED) is 0.581.